The van der Waals surface area contributed by atoms with E-state index in [0.717, 1.165) is 16.0 Å². The fraction of sp³-hybridized carbons (Fsp3) is 0.480. The quantitative estimate of drug-likeness (QED) is 0.442. The molecule has 0 unspecified atom stereocenters. The van der Waals surface area contributed by atoms with Crippen molar-refractivity contribution in [2.75, 3.05) is 19.7 Å². The molecule has 1 aromatic carbocycles. The maximum absolute atomic E-state index is 13.4. The van der Waals surface area contributed by atoms with E-state index < -0.39 is 5.97 Å². The minimum Gasteiger partial charge on any atom is -0.466 e. The van der Waals surface area contributed by atoms with Crippen LogP contribution in [0.5, 0.6) is 0 Å². The van der Waals surface area contributed by atoms with Crippen LogP contribution >= 0.6 is 11.3 Å². The lowest BCUT2D eigenvalue weighted by Crippen LogP contribution is -2.44. The summed E-state index contributed by atoms with van der Waals surface area (Å²) in [5.74, 6) is -0.495. The fourth-order valence-electron chi connectivity index (χ4n) is 3.33. The molecule has 2 rings (SSSR count). The highest BCUT2D eigenvalue weighted by Gasteiger charge is 2.23. The van der Waals surface area contributed by atoms with Crippen molar-refractivity contribution in [3.63, 3.8) is 0 Å². The first-order chi connectivity index (χ1) is 15.3. The van der Waals surface area contributed by atoms with E-state index in [0.29, 0.717) is 19.6 Å². The van der Waals surface area contributed by atoms with Gasteiger partial charge in [-0.3, -0.25) is 14.4 Å². The summed E-state index contributed by atoms with van der Waals surface area (Å²) in [6, 6.07) is 11.9. The highest BCUT2D eigenvalue weighted by atomic mass is 32.1. The maximum atomic E-state index is 13.4. The van der Waals surface area contributed by atoms with Gasteiger partial charge in [0, 0.05) is 24.4 Å². The van der Waals surface area contributed by atoms with Crippen LogP contribution in [0, 0.1) is 12.8 Å². The van der Waals surface area contributed by atoms with Crippen molar-refractivity contribution in [2.24, 2.45) is 5.92 Å². The van der Waals surface area contributed by atoms with Gasteiger partial charge < -0.3 is 14.5 Å². The molecule has 0 saturated heterocycles. The normalized spacial score (nSPS) is 10.8. The molecule has 0 fully saturated rings. The van der Waals surface area contributed by atoms with Crippen molar-refractivity contribution in [3.05, 3.63) is 57.8 Å². The van der Waals surface area contributed by atoms with E-state index in [4.69, 9.17) is 4.74 Å². The van der Waals surface area contributed by atoms with Gasteiger partial charge in [0.15, 0.2) is 0 Å². The van der Waals surface area contributed by atoms with E-state index in [1.165, 1.54) is 0 Å². The Morgan fingerprint density at radius 2 is 1.69 bits per heavy atom. The summed E-state index contributed by atoms with van der Waals surface area (Å²) in [7, 11) is 0. The van der Waals surface area contributed by atoms with Gasteiger partial charge in [-0.15, -0.1) is 11.3 Å². The van der Waals surface area contributed by atoms with E-state index in [1.54, 1.807) is 28.1 Å². The summed E-state index contributed by atoms with van der Waals surface area (Å²) in [6.07, 6.45) is 0.0686. The number of nitrogens with zero attached hydrogens (tertiary/aromatic N) is 2. The van der Waals surface area contributed by atoms with Gasteiger partial charge in [0.05, 0.1) is 26.1 Å². The van der Waals surface area contributed by atoms with Crippen molar-refractivity contribution in [3.8, 4) is 0 Å². The molecule has 1 heterocycles. The molecule has 32 heavy (non-hydrogen) atoms. The number of hydrogen-bond donors (Lipinski definition) is 0. The molecule has 1 aromatic heterocycles. The Morgan fingerprint density at radius 3 is 2.28 bits per heavy atom. The number of aryl methyl sites for hydroxylation is 1. The van der Waals surface area contributed by atoms with Crippen LogP contribution in [0.15, 0.2) is 41.8 Å². The maximum Gasteiger partial charge on any atom is 0.306 e. The van der Waals surface area contributed by atoms with Crippen LogP contribution in [0.1, 0.15) is 49.6 Å². The zero-order valence-electron chi connectivity index (χ0n) is 19.5. The Hall–Kier alpha value is -2.67. The zero-order chi connectivity index (χ0) is 23.5. The number of thiophene rings is 1. The predicted molar refractivity (Wildman–Crippen MR) is 127 cm³/mol. The van der Waals surface area contributed by atoms with E-state index in [9.17, 15) is 14.4 Å². The summed E-state index contributed by atoms with van der Waals surface area (Å²) in [5.41, 5.74) is 2.20. The van der Waals surface area contributed by atoms with Crippen LogP contribution in [0.25, 0.3) is 0 Å². The number of hydrogen-bond acceptors (Lipinski definition) is 5. The molecular formula is C25H34N2O4S. The van der Waals surface area contributed by atoms with Crippen LogP contribution in [-0.2, 0) is 32.2 Å². The molecule has 0 saturated carbocycles. The van der Waals surface area contributed by atoms with Gasteiger partial charge in [-0.2, -0.15) is 0 Å². The van der Waals surface area contributed by atoms with Gasteiger partial charge in [-0.1, -0.05) is 44.2 Å². The number of rotatable bonds is 12. The Labute approximate surface area is 195 Å². The molecule has 2 aromatic rings. The number of ether oxygens (including phenoxy) is 1. The smallest absolute Gasteiger partial charge is 0.306 e. The monoisotopic (exact) mass is 458 g/mol. The number of carbonyl (C=O) groups excluding carboxylic acids is 3. The average molecular weight is 459 g/mol. The predicted octanol–water partition coefficient (Wildman–Crippen LogP) is 4.41. The molecule has 0 aliphatic carbocycles. The van der Waals surface area contributed by atoms with Gasteiger partial charge in [-0.25, -0.2) is 0 Å². The second-order valence-corrected chi connectivity index (χ2v) is 9.24. The van der Waals surface area contributed by atoms with Gasteiger partial charge in [0.1, 0.15) is 0 Å². The first kappa shape index (κ1) is 25.6. The third-order valence-electron chi connectivity index (χ3n) is 4.98. The lowest BCUT2D eigenvalue weighted by molar-refractivity contribution is -0.146. The Morgan fingerprint density at radius 1 is 0.969 bits per heavy atom. The number of benzene rings is 1. The SMILES string of the molecule is CCOC(=O)CCC(=O)N(CC(=O)N(Cc1ccccc1)Cc1sccc1C)CC(C)C. The van der Waals surface area contributed by atoms with Gasteiger partial charge >= 0.3 is 5.97 Å². The molecule has 2 amide bonds. The van der Waals surface area contributed by atoms with Crippen LogP contribution < -0.4 is 0 Å². The molecule has 0 bridgehead atoms. The van der Waals surface area contributed by atoms with E-state index in [-0.39, 0.29) is 43.7 Å². The summed E-state index contributed by atoms with van der Waals surface area (Å²) < 4.78 is 4.93. The molecule has 0 aliphatic heterocycles. The standard InChI is InChI=1S/C25H34N2O4S/c1-5-31-25(30)12-11-23(28)26(15-19(2)3)18-24(29)27(16-21-9-7-6-8-10-21)17-22-20(4)13-14-32-22/h6-10,13-14,19H,5,11-12,15-18H2,1-4H3. The second-order valence-electron chi connectivity index (χ2n) is 8.24. The molecule has 0 spiro atoms. The van der Waals surface area contributed by atoms with Gasteiger partial charge in [0.25, 0.3) is 0 Å². The van der Waals surface area contributed by atoms with Gasteiger partial charge in [-0.05, 0) is 42.3 Å². The van der Waals surface area contributed by atoms with Crippen LogP contribution in [0.3, 0.4) is 0 Å². The molecule has 0 aliphatic rings. The largest absolute Gasteiger partial charge is 0.466 e. The van der Waals surface area contributed by atoms with Crippen molar-refractivity contribution in [1.29, 1.82) is 0 Å². The Kier molecular flexibility index (Phi) is 10.4. The van der Waals surface area contributed by atoms with Crippen LogP contribution in [0.4, 0.5) is 0 Å². The van der Waals surface area contributed by atoms with Crippen molar-refractivity contribution >= 4 is 29.1 Å². The second kappa shape index (κ2) is 13.0. The highest BCUT2D eigenvalue weighted by molar-refractivity contribution is 7.10. The first-order valence-electron chi connectivity index (χ1n) is 11.1. The topological polar surface area (TPSA) is 66.9 Å². The molecule has 174 valence electrons. The first-order valence-corrected chi connectivity index (χ1v) is 12.0. The lowest BCUT2D eigenvalue weighted by Gasteiger charge is -2.29. The lowest BCUT2D eigenvalue weighted by atomic mass is 10.1. The van der Waals surface area contributed by atoms with E-state index >= 15 is 0 Å². The molecule has 0 N–H and O–H groups in total. The van der Waals surface area contributed by atoms with Crippen LogP contribution in [-0.4, -0.2) is 47.3 Å². The number of esters is 1. The molecule has 7 heteroatoms. The Balaban J connectivity index is 2.13. The van der Waals surface area contributed by atoms with Crippen LogP contribution in [0.2, 0.25) is 0 Å². The summed E-state index contributed by atoms with van der Waals surface area (Å²) in [5, 5.41) is 2.03. The third kappa shape index (κ3) is 8.46. The average Bonchev–Trinajstić information content (AvgIpc) is 3.16. The van der Waals surface area contributed by atoms with Crippen molar-refractivity contribution in [2.45, 2.75) is 53.6 Å². The number of carbonyl (C=O) groups is 3. The summed E-state index contributed by atoms with van der Waals surface area (Å²) in [4.78, 5) is 42.4. The van der Waals surface area contributed by atoms with Crippen molar-refractivity contribution < 1.29 is 19.1 Å². The fourth-order valence-corrected chi connectivity index (χ4v) is 4.26. The molecule has 0 atom stereocenters. The minimum absolute atomic E-state index is 0.00288. The van der Waals surface area contributed by atoms with E-state index in [1.807, 2.05) is 56.5 Å². The third-order valence-corrected chi connectivity index (χ3v) is 5.99. The number of amides is 2. The Bertz CT molecular complexity index is 879. The zero-order valence-corrected chi connectivity index (χ0v) is 20.3. The molecule has 6 nitrogen and oxygen atoms in total. The summed E-state index contributed by atoms with van der Waals surface area (Å²) in [6.45, 7) is 9.52. The van der Waals surface area contributed by atoms with Crippen molar-refractivity contribution in [1.82, 2.24) is 9.80 Å². The van der Waals surface area contributed by atoms with Gasteiger partial charge in [0.2, 0.25) is 11.8 Å². The van der Waals surface area contributed by atoms with E-state index in [2.05, 4.69) is 6.07 Å². The minimum atomic E-state index is -0.393. The summed E-state index contributed by atoms with van der Waals surface area (Å²) >= 11 is 1.63. The molecular weight excluding hydrogens is 424 g/mol. The highest BCUT2D eigenvalue weighted by Crippen LogP contribution is 2.20. The molecule has 0 radical (unpaired) electrons.